The number of hydrogen-bond donors (Lipinski definition) is 1. The molecule has 1 aliphatic carbocycles. The number of likely N-dealkylation sites (N-methyl/N-ethyl adjacent to an activating group) is 1. The Morgan fingerprint density at radius 2 is 2.05 bits per heavy atom. The van der Waals surface area contributed by atoms with Gasteiger partial charge in [0.15, 0.2) is 5.82 Å². The molecule has 112 valence electrons. The summed E-state index contributed by atoms with van der Waals surface area (Å²) in [4.78, 5) is 4.67. The minimum Gasteiger partial charge on any atom is -0.311 e. The minimum absolute atomic E-state index is 0.312. The lowest BCUT2D eigenvalue weighted by molar-refractivity contribution is 0.300. The molecule has 2 atom stereocenters. The fourth-order valence-corrected chi connectivity index (χ4v) is 3.41. The number of nitrogens with zero attached hydrogens (tertiary/aromatic N) is 3. The summed E-state index contributed by atoms with van der Waals surface area (Å²) in [5.41, 5.74) is 2.87. The largest absolute Gasteiger partial charge is 0.311 e. The van der Waals surface area contributed by atoms with Crippen LogP contribution in [0.15, 0.2) is 24.3 Å². The van der Waals surface area contributed by atoms with Crippen molar-refractivity contribution in [3.63, 3.8) is 0 Å². The van der Waals surface area contributed by atoms with Gasteiger partial charge in [-0.1, -0.05) is 38.1 Å². The molecule has 0 saturated heterocycles. The first-order chi connectivity index (χ1) is 10.3. The highest BCUT2D eigenvalue weighted by Crippen LogP contribution is 2.37. The Hall–Kier alpha value is -1.68. The summed E-state index contributed by atoms with van der Waals surface area (Å²) in [5.74, 6) is 2.07. The molecule has 0 spiro atoms. The number of rotatable bonds is 4. The predicted octanol–water partition coefficient (Wildman–Crippen LogP) is 2.85. The maximum Gasteiger partial charge on any atom is 0.150 e. The first kappa shape index (κ1) is 14.3. The Morgan fingerprint density at radius 1 is 1.24 bits per heavy atom. The summed E-state index contributed by atoms with van der Waals surface area (Å²) in [5, 5.41) is 8.26. The van der Waals surface area contributed by atoms with Crippen LogP contribution in [-0.2, 0) is 19.3 Å². The Bertz CT molecular complexity index is 617. The van der Waals surface area contributed by atoms with Crippen molar-refractivity contribution in [2.24, 2.45) is 0 Å². The highest BCUT2D eigenvalue weighted by molar-refractivity contribution is 5.33. The van der Waals surface area contributed by atoms with Crippen molar-refractivity contribution < 1.29 is 0 Å². The molecular formula is C17H24N4. The van der Waals surface area contributed by atoms with E-state index in [4.69, 9.17) is 5.10 Å². The zero-order chi connectivity index (χ0) is 14.8. The van der Waals surface area contributed by atoms with E-state index in [-0.39, 0.29) is 0 Å². The molecule has 1 aromatic carbocycles. The van der Waals surface area contributed by atoms with Gasteiger partial charge >= 0.3 is 0 Å². The highest BCUT2D eigenvalue weighted by atomic mass is 15.4. The summed E-state index contributed by atoms with van der Waals surface area (Å²) in [6.07, 6.45) is 4.06. The molecule has 0 fully saturated rings. The molecule has 0 radical (unpaired) electrons. The number of aromatic nitrogens is 3. The van der Waals surface area contributed by atoms with Crippen molar-refractivity contribution in [3.05, 3.63) is 47.0 Å². The third-order valence-electron chi connectivity index (χ3n) is 4.49. The lowest BCUT2D eigenvalue weighted by Crippen LogP contribution is -2.33. The van der Waals surface area contributed by atoms with Gasteiger partial charge in [0.05, 0.1) is 12.1 Å². The van der Waals surface area contributed by atoms with Gasteiger partial charge in [-0.25, -0.2) is 9.67 Å². The first-order valence-electron chi connectivity index (χ1n) is 7.97. The van der Waals surface area contributed by atoms with E-state index in [9.17, 15) is 0 Å². The molecule has 2 unspecified atom stereocenters. The normalized spacial score (nSPS) is 21.3. The molecule has 0 saturated carbocycles. The topological polar surface area (TPSA) is 42.7 Å². The van der Waals surface area contributed by atoms with Crippen LogP contribution in [-0.4, -0.2) is 21.8 Å². The van der Waals surface area contributed by atoms with E-state index in [0.717, 1.165) is 37.3 Å². The SMILES string of the molecule is CCc1nc(CC)n(C2CCc3ccccc3C2NC)n1. The summed E-state index contributed by atoms with van der Waals surface area (Å²) in [6, 6.07) is 9.42. The van der Waals surface area contributed by atoms with E-state index in [1.165, 1.54) is 11.1 Å². The van der Waals surface area contributed by atoms with Crippen molar-refractivity contribution >= 4 is 0 Å². The van der Waals surface area contributed by atoms with E-state index in [1.54, 1.807) is 0 Å². The van der Waals surface area contributed by atoms with Crippen LogP contribution >= 0.6 is 0 Å². The molecule has 1 heterocycles. The molecular weight excluding hydrogens is 260 g/mol. The number of nitrogens with one attached hydrogen (secondary N) is 1. The second kappa shape index (κ2) is 5.98. The maximum absolute atomic E-state index is 4.76. The van der Waals surface area contributed by atoms with E-state index in [1.807, 2.05) is 7.05 Å². The lowest BCUT2D eigenvalue weighted by Gasteiger charge is -2.34. The van der Waals surface area contributed by atoms with Gasteiger partial charge < -0.3 is 5.32 Å². The van der Waals surface area contributed by atoms with E-state index >= 15 is 0 Å². The molecule has 0 aliphatic heterocycles. The first-order valence-corrected chi connectivity index (χ1v) is 7.97. The second-order valence-electron chi connectivity index (χ2n) is 5.67. The Morgan fingerprint density at radius 3 is 2.76 bits per heavy atom. The van der Waals surface area contributed by atoms with Crippen LogP contribution in [0, 0.1) is 0 Å². The summed E-state index contributed by atoms with van der Waals surface area (Å²) < 4.78 is 2.18. The molecule has 4 heteroatoms. The van der Waals surface area contributed by atoms with Gasteiger partial charge in [-0.05, 0) is 31.0 Å². The van der Waals surface area contributed by atoms with Gasteiger partial charge in [0.25, 0.3) is 0 Å². The zero-order valence-electron chi connectivity index (χ0n) is 13.1. The van der Waals surface area contributed by atoms with Crippen molar-refractivity contribution in [3.8, 4) is 0 Å². The molecule has 1 aliphatic rings. The molecule has 4 nitrogen and oxygen atoms in total. The summed E-state index contributed by atoms with van der Waals surface area (Å²) >= 11 is 0. The van der Waals surface area contributed by atoms with E-state index < -0.39 is 0 Å². The quantitative estimate of drug-likeness (QED) is 0.939. The molecule has 0 bridgehead atoms. The van der Waals surface area contributed by atoms with Gasteiger partial charge in [0.1, 0.15) is 5.82 Å². The lowest BCUT2D eigenvalue weighted by atomic mass is 9.84. The number of benzene rings is 1. The number of aryl methyl sites for hydroxylation is 3. The van der Waals surface area contributed by atoms with Gasteiger partial charge in [0.2, 0.25) is 0 Å². The van der Waals surface area contributed by atoms with Crippen LogP contribution < -0.4 is 5.32 Å². The van der Waals surface area contributed by atoms with Crippen LogP contribution in [0.3, 0.4) is 0 Å². The average molecular weight is 284 g/mol. The van der Waals surface area contributed by atoms with Crippen molar-refractivity contribution in [2.45, 2.75) is 51.6 Å². The molecule has 1 N–H and O–H groups in total. The smallest absolute Gasteiger partial charge is 0.150 e. The zero-order valence-corrected chi connectivity index (χ0v) is 13.1. The number of hydrogen-bond acceptors (Lipinski definition) is 3. The fraction of sp³-hybridized carbons (Fsp3) is 0.529. The third-order valence-corrected chi connectivity index (χ3v) is 4.49. The van der Waals surface area contributed by atoms with Crippen molar-refractivity contribution in [1.29, 1.82) is 0 Å². The number of fused-ring (bicyclic) bond motifs is 1. The van der Waals surface area contributed by atoms with Crippen LogP contribution in [0.5, 0.6) is 0 Å². The summed E-state index contributed by atoms with van der Waals surface area (Å²) in [7, 11) is 2.04. The molecule has 2 aromatic rings. The van der Waals surface area contributed by atoms with Gasteiger partial charge in [0, 0.05) is 12.8 Å². The Kier molecular flexibility index (Phi) is 4.06. The van der Waals surface area contributed by atoms with Gasteiger partial charge in [-0.15, -0.1) is 0 Å². The van der Waals surface area contributed by atoms with E-state index in [0.29, 0.717) is 12.1 Å². The third kappa shape index (κ3) is 2.48. The van der Waals surface area contributed by atoms with E-state index in [2.05, 4.69) is 53.1 Å². The van der Waals surface area contributed by atoms with Crippen LogP contribution in [0.2, 0.25) is 0 Å². The van der Waals surface area contributed by atoms with Crippen molar-refractivity contribution in [1.82, 2.24) is 20.1 Å². The molecule has 21 heavy (non-hydrogen) atoms. The monoisotopic (exact) mass is 284 g/mol. The fourth-order valence-electron chi connectivity index (χ4n) is 3.41. The second-order valence-corrected chi connectivity index (χ2v) is 5.67. The molecule has 0 amide bonds. The highest BCUT2D eigenvalue weighted by Gasteiger charge is 2.31. The van der Waals surface area contributed by atoms with Crippen molar-refractivity contribution in [2.75, 3.05) is 7.05 Å². The molecule has 3 rings (SSSR count). The van der Waals surface area contributed by atoms with Crippen LogP contribution in [0.1, 0.15) is 55.1 Å². The van der Waals surface area contributed by atoms with Crippen LogP contribution in [0.4, 0.5) is 0 Å². The van der Waals surface area contributed by atoms with Crippen LogP contribution in [0.25, 0.3) is 0 Å². The Labute approximate surface area is 126 Å². The standard InChI is InChI=1S/C17H24N4/c1-4-15-19-16(5-2)21(20-15)14-11-10-12-8-6-7-9-13(12)17(14)18-3/h6-9,14,17-18H,4-5,10-11H2,1-3H3. The maximum atomic E-state index is 4.76. The Balaban J connectivity index is 2.01. The van der Waals surface area contributed by atoms with Gasteiger partial charge in [-0.2, -0.15) is 5.10 Å². The minimum atomic E-state index is 0.312. The molecule has 1 aromatic heterocycles. The predicted molar refractivity (Wildman–Crippen MR) is 84.4 cm³/mol. The summed E-state index contributed by atoms with van der Waals surface area (Å²) in [6.45, 7) is 4.27. The van der Waals surface area contributed by atoms with Gasteiger partial charge in [-0.3, -0.25) is 0 Å². The average Bonchev–Trinajstić information content (AvgIpc) is 2.97.